The van der Waals surface area contributed by atoms with Gasteiger partial charge in [-0.3, -0.25) is 4.79 Å². The lowest BCUT2D eigenvalue weighted by Crippen LogP contribution is -2.27. The molecule has 1 fully saturated rings. The van der Waals surface area contributed by atoms with Crippen molar-refractivity contribution in [3.8, 4) is 0 Å². The predicted octanol–water partition coefficient (Wildman–Crippen LogP) is 1.67. The highest BCUT2D eigenvalue weighted by atomic mass is 16.1. The van der Waals surface area contributed by atoms with Crippen LogP contribution in [-0.4, -0.2) is 19.0 Å². The molecule has 0 aromatic heterocycles. The van der Waals surface area contributed by atoms with E-state index in [0.29, 0.717) is 6.42 Å². The van der Waals surface area contributed by atoms with Gasteiger partial charge in [-0.15, -0.1) is 0 Å². The van der Waals surface area contributed by atoms with Crippen molar-refractivity contribution < 1.29 is 4.79 Å². The molecule has 0 bridgehead atoms. The second kappa shape index (κ2) is 6.83. The number of hydrogen-bond donors (Lipinski definition) is 2. The van der Waals surface area contributed by atoms with Crippen LogP contribution < -0.4 is 11.1 Å². The van der Waals surface area contributed by atoms with Crippen molar-refractivity contribution in [2.75, 3.05) is 13.1 Å². The fourth-order valence-electron chi connectivity index (χ4n) is 2.23. The second-order valence-corrected chi connectivity index (χ2v) is 4.90. The van der Waals surface area contributed by atoms with E-state index in [1.165, 1.54) is 25.7 Å². The zero-order valence-corrected chi connectivity index (χ0v) is 9.80. The molecule has 1 aliphatic rings. The maximum atomic E-state index is 10.5. The zero-order valence-electron chi connectivity index (χ0n) is 9.80. The molecule has 0 saturated heterocycles. The molecular formula is C12H24N2O. The van der Waals surface area contributed by atoms with Crippen molar-refractivity contribution in [2.24, 2.45) is 17.6 Å². The number of rotatable bonds is 6. The third-order valence-electron chi connectivity index (χ3n) is 3.35. The van der Waals surface area contributed by atoms with Crippen molar-refractivity contribution in [2.45, 2.75) is 45.4 Å². The maximum absolute atomic E-state index is 10.5. The summed E-state index contributed by atoms with van der Waals surface area (Å²) in [6.45, 7) is 4.39. The van der Waals surface area contributed by atoms with Gasteiger partial charge in [-0.1, -0.05) is 19.8 Å². The molecule has 1 saturated carbocycles. The van der Waals surface area contributed by atoms with E-state index in [4.69, 9.17) is 5.73 Å². The van der Waals surface area contributed by atoms with Gasteiger partial charge in [-0.25, -0.2) is 0 Å². The fourth-order valence-corrected chi connectivity index (χ4v) is 2.23. The molecule has 1 aliphatic carbocycles. The van der Waals surface area contributed by atoms with E-state index in [2.05, 4.69) is 12.2 Å². The largest absolute Gasteiger partial charge is 0.370 e. The molecule has 0 unspecified atom stereocenters. The van der Waals surface area contributed by atoms with Gasteiger partial charge in [0.05, 0.1) is 0 Å². The van der Waals surface area contributed by atoms with Gasteiger partial charge in [-0.2, -0.15) is 0 Å². The van der Waals surface area contributed by atoms with Crippen molar-refractivity contribution in [3.05, 3.63) is 0 Å². The minimum absolute atomic E-state index is 0.191. The number of carbonyl (C=O) groups excluding carboxylic acids is 1. The Bertz CT molecular complexity index is 186. The summed E-state index contributed by atoms with van der Waals surface area (Å²) >= 11 is 0. The molecule has 0 aromatic rings. The predicted molar refractivity (Wildman–Crippen MR) is 62.4 cm³/mol. The number of carbonyl (C=O) groups is 1. The first-order chi connectivity index (χ1) is 7.18. The first kappa shape index (κ1) is 12.5. The van der Waals surface area contributed by atoms with Crippen molar-refractivity contribution >= 4 is 5.91 Å². The molecule has 1 amide bonds. The second-order valence-electron chi connectivity index (χ2n) is 4.90. The van der Waals surface area contributed by atoms with Crippen LogP contribution in [0.15, 0.2) is 0 Å². The van der Waals surface area contributed by atoms with Crippen LogP contribution in [0.2, 0.25) is 0 Å². The quantitative estimate of drug-likeness (QED) is 0.658. The van der Waals surface area contributed by atoms with Crippen molar-refractivity contribution in [1.29, 1.82) is 0 Å². The van der Waals surface area contributed by atoms with E-state index < -0.39 is 0 Å². The average Bonchev–Trinajstić information content (AvgIpc) is 2.20. The summed E-state index contributed by atoms with van der Waals surface area (Å²) in [5.74, 6) is 1.59. The van der Waals surface area contributed by atoms with Crippen LogP contribution in [-0.2, 0) is 4.79 Å². The monoisotopic (exact) mass is 212 g/mol. The Hall–Kier alpha value is -0.570. The van der Waals surface area contributed by atoms with Gasteiger partial charge in [0.25, 0.3) is 0 Å². The third-order valence-corrected chi connectivity index (χ3v) is 3.35. The smallest absolute Gasteiger partial charge is 0.217 e. The molecule has 15 heavy (non-hydrogen) atoms. The van der Waals surface area contributed by atoms with Crippen LogP contribution >= 0.6 is 0 Å². The highest BCUT2D eigenvalue weighted by Crippen LogP contribution is 2.27. The van der Waals surface area contributed by atoms with E-state index in [1.807, 2.05) is 0 Å². The van der Waals surface area contributed by atoms with E-state index in [9.17, 15) is 4.79 Å². The summed E-state index contributed by atoms with van der Waals surface area (Å²) in [5.41, 5.74) is 5.07. The van der Waals surface area contributed by atoms with E-state index in [1.54, 1.807) is 0 Å². The third kappa shape index (κ3) is 5.78. The number of nitrogens with two attached hydrogens (primary N) is 1. The SMILES string of the molecule is CC1CCC(CNCCCC(N)=O)CC1. The number of primary amides is 1. The molecule has 1 rings (SSSR count). The molecule has 0 radical (unpaired) electrons. The maximum Gasteiger partial charge on any atom is 0.217 e. The lowest BCUT2D eigenvalue weighted by atomic mass is 9.83. The van der Waals surface area contributed by atoms with Crippen LogP contribution in [0.3, 0.4) is 0 Å². The molecule has 88 valence electrons. The summed E-state index contributed by atoms with van der Waals surface area (Å²) in [7, 11) is 0. The highest BCUT2D eigenvalue weighted by Gasteiger charge is 2.17. The van der Waals surface area contributed by atoms with E-state index in [-0.39, 0.29) is 5.91 Å². The molecule has 0 atom stereocenters. The Morgan fingerprint density at radius 1 is 1.33 bits per heavy atom. The molecule has 0 aliphatic heterocycles. The topological polar surface area (TPSA) is 55.1 Å². The highest BCUT2D eigenvalue weighted by molar-refractivity contribution is 5.73. The first-order valence-electron chi connectivity index (χ1n) is 6.17. The Morgan fingerprint density at radius 2 is 2.00 bits per heavy atom. The van der Waals surface area contributed by atoms with Gasteiger partial charge in [0.15, 0.2) is 0 Å². The molecule has 3 nitrogen and oxygen atoms in total. The lowest BCUT2D eigenvalue weighted by molar-refractivity contribution is -0.118. The van der Waals surface area contributed by atoms with Gasteiger partial charge in [-0.05, 0) is 44.2 Å². The summed E-state index contributed by atoms with van der Waals surface area (Å²) in [6, 6.07) is 0. The lowest BCUT2D eigenvalue weighted by Gasteiger charge is -2.26. The Labute approximate surface area is 92.8 Å². The average molecular weight is 212 g/mol. The molecular weight excluding hydrogens is 188 g/mol. The van der Waals surface area contributed by atoms with Gasteiger partial charge in [0.1, 0.15) is 0 Å². The molecule has 0 spiro atoms. The Kier molecular flexibility index (Phi) is 5.69. The van der Waals surface area contributed by atoms with E-state index >= 15 is 0 Å². The van der Waals surface area contributed by atoms with Crippen molar-refractivity contribution in [1.82, 2.24) is 5.32 Å². The van der Waals surface area contributed by atoms with Crippen LogP contribution in [0.1, 0.15) is 45.4 Å². The number of nitrogens with one attached hydrogen (secondary N) is 1. The molecule has 0 aromatic carbocycles. The number of amides is 1. The molecule has 0 heterocycles. The number of hydrogen-bond acceptors (Lipinski definition) is 2. The normalized spacial score (nSPS) is 26.5. The Balaban J connectivity index is 1.94. The minimum Gasteiger partial charge on any atom is -0.370 e. The molecule has 3 N–H and O–H groups in total. The standard InChI is InChI=1S/C12H24N2O/c1-10-4-6-11(7-5-10)9-14-8-2-3-12(13)15/h10-11,14H,2-9H2,1H3,(H2,13,15). The van der Waals surface area contributed by atoms with Crippen LogP contribution in [0.25, 0.3) is 0 Å². The molecule has 3 heteroatoms. The van der Waals surface area contributed by atoms with E-state index in [0.717, 1.165) is 31.3 Å². The fraction of sp³-hybridized carbons (Fsp3) is 0.917. The van der Waals surface area contributed by atoms with Gasteiger partial charge in [0, 0.05) is 6.42 Å². The first-order valence-corrected chi connectivity index (χ1v) is 6.17. The van der Waals surface area contributed by atoms with Crippen molar-refractivity contribution in [3.63, 3.8) is 0 Å². The van der Waals surface area contributed by atoms with Gasteiger partial charge >= 0.3 is 0 Å². The Morgan fingerprint density at radius 3 is 2.60 bits per heavy atom. The van der Waals surface area contributed by atoms with Gasteiger partial charge in [0.2, 0.25) is 5.91 Å². The van der Waals surface area contributed by atoms with Crippen LogP contribution in [0.4, 0.5) is 0 Å². The summed E-state index contributed by atoms with van der Waals surface area (Å²) in [5, 5.41) is 3.42. The van der Waals surface area contributed by atoms with Crippen LogP contribution in [0.5, 0.6) is 0 Å². The van der Waals surface area contributed by atoms with Crippen LogP contribution in [0, 0.1) is 11.8 Å². The summed E-state index contributed by atoms with van der Waals surface area (Å²) < 4.78 is 0. The van der Waals surface area contributed by atoms with Gasteiger partial charge < -0.3 is 11.1 Å². The zero-order chi connectivity index (χ0) is 11.1. The minimum atomic E-state index is -0.191. The summed E-state index contributed by atoms with van der Waals surface area (Å²) in [4.78, 5) is 10.5. The summed E-state index contributed by atoms with van der Waals surface area (Å²) in [6.07, 6.45) is 6.88.